The summed E-state index contributed by atoms with van der Waals surface area (Å²) >= 11 is 0. The molecule has 1 saturated heterocycles. The Morgan fingerprint density at radius 1 is 1.36 bits per heavy atom. The Morgan fingerprint density at radius 2 is 2.18 bits per heavy atom. The van der Waals surface area contributed by atoms with Crippen molar-refractivity contribution in [2.24, 2.45) is 5.92 Å². The van der Waals surface area contributed by atoms with Gasteiger partial charge < -0.3 is 15.2 Å². The van der Waals surface area contributed by atoms with E-state index in [0.29, 0.717) is 11.6 Å². The van der Waals surface area contributed by atoms with Gasteiger partial charge in [0.2, 0.25) is 0 Å². The Hall–Kier alpha value is -2.89. The third kappa shape index (κ3) is 3.35. The third-order valence-corrected chi connectivity index (χ3v) is 5.44. The van der Waals surface area contributed by atoms with Gasteiger partial charge in [0.25, 0.3) is 5.91 Å². The van der Waals surface area contributed by atoms with Gasteiger partial charge in [-0.15, -0.1) is 0 Å². The topological polar surface area (TPSA) is 61.0 Å². The number of carbonyl (C=O) groups excluding carboxylic acids is 1. The van der Waals surface area contributed by atoms with E-state index in [1.54, 1.807) is 18.3 Å². The zero-order valence-corrected chi connectivity index (χ0v) is 16.5. The molecule has 0 radical (unpaired) electrons. The fourth-order valence-electron chi connectivity index (χ4n) is 4.08. The highest BCUT2D eigenvalue weighted by Crippen LogP contribution is 2.37. The number of halogens is 1. The molecule has 5 nitrogen and oxygen atoms in total. The van der Waals surface area contributed by atoms with E-state index in [2.05, 4.69) is 27.1 Å². The summed E-state index contributed by atoms with van der Waals surface area (Å²) in [5.41, 5.74) is 4.40. The van der Waals surface area contributed by atoms with Crippen molar-refractivity contribution in [3.8, 4) is 0 Å². The van der Waals surface area contributed by atoms with Crippen LogP contribution in [-0.2, 0) is 0 Å². The minimum absolute atomic E-state index is 0.0445. The first-order valence-corrected chi connectivity index (χ1v) is 9.73. The van der Waals surface area contributed by atoms with E-state index < -0.39 is 11.7 Å². The monoisotopic (exact) mass is 380 g/mol. The van der Waals surface area contributed by atoms with E-state index >= 15 is 0 Å². The van der Waals surface area contributed by atoms with Crippen LogP contribution in [0.3, 0.4) is 0 Å². The molecule has 146 valence electrons. The lowest BCUT2D eigenvalue weighted by Gasteiger charge is -2.34. The molecule has 28 heavy (non-hydrogen) atoms. The number of nitrogens with one attached hydrogen (secondary N) is 2. The van der Waals surface area contributed by atoms with E-state index in [4.69, 9.17) is 0 Å². The van der Waals surface area contributed by atoms with Crippen molar-refractivity contribution in [1.82, 2.24) is 9.97 Å². The molecule has 1 amide bonds. The number of H-pyrrole nitrogens is 1. The number of aryl methyl sites for hydroxylation is 2. The van der Waals surface area contributed by atoms with Crippen LogP contribution < -0.4 is 10.2 Å². The molecule has 0 bridgehead atoms. The molecule has 1 aliphatic heterocycles. The summed E-state index contributed by atoms with van der Waals surface area (Å²) < 4.78 is 14.2. The zero-order valence-electron chi connectivity index (χ0n) is 16.5. The minimum Gasteiger partial charge on any atom is -0.370 e. The standard InChI is InChI=1S/C22H25FN4O/c1-13-6-7-17(23)16(9-13)22(28)26-18-11-25-21-19(18)20(15(3)10-24-21)27-8-4-5-14(2)12-27/h6-7,9-11,14H,4-5,8,12H2,1-3H3,(H,24,25)(H,26,28). The fraction of sp³-hybridized carbons (Fsp3) is 0.364. The van der Waals surface area contributed by atoms with Crippen LogP contribution in [0, 0.1) is 25.6 Å². The minimum atomic E-state index is -0.526. The molecule has 3 heterocycles. The molecule has 1 fully saturated rings. The summed E-state index contributed by atoms with van der Waals surface area (Å²) in [6.07, 6.45) is 5.97. The highest BCUT2D eigenvalue weighted by Gasteiger charge is 2.23. The molecular weight excluding hydrogens is 355 g/mol. The Bertz CT molecular complexity index is 1040. The van der Waals surface area contributed by atoms with Crippen molar-refractivity contribution in [2.75, 3.05) is 23.3 Å². The SMILES string of the molecule is Cc1ccc(F)c(C(=O)Nc2c[nH]c3ncc(C)c(N4CCCC(C)C4)c23)c1. The number of pyridine rings is 1. The van der Waals surface area contributed by atoms with Crippen LogP contribution in [0.5, 0.6) is 0 Å². The number of nitrogens with zero attached hydrogens (tertiary/aromatic N) is 2. The van der Waals surface area contributed by atoms with Gasteiger partial charge in [-0.25, -0.2) is 9.37 Å². The predicted molar refractivity (Wildman–Crippen MR) is 111 cm³/mol. The van der Waals surface area contributed by atoms with Crippen molar-refractivity contribution in [3.05, 3.63) is 53.1 Å². The van der Waals surface area contributed by atoms with Crippen LogP contribution in [0.15, 0.2) is 30.6 Å². The lowest BCUT2D eigenvalue weighted by Crippen LogP contribution is -2.34. The molecule has 4 rings (SSSR count). The Balaban J connectivity index is 1.75. The summed E-state index contributed by atoms with van der Waals surface area (Å²) in [4.78, 5) is 22.8. The molecule has 2 aromatic heterocycles. The van der Waals surface area contributed by atoms with Crippen LogP contribution >= 0.6 is 0 Å². The zero-order chi connectivity index (χ0) is 19.8. The van der Waals surface area contributed by atoms with Gasteiger partial charge >= 0.3 is 0 Å². The second-order valence-corrected chi connectivity index (χ2v) is 7.85. The van der Waals surface area contributed by atoms with Crippen molar-refractivity contribution in [3.63, 3.8) is 0 Å². The summed E-state index contributed by atoms with van der Waals surface area (Å²) in [7, 11) is 0. The number of benzene rings is 1. The van der Waals surface area contributed by atoms with Crippen LogP contribution in [0.2, 0.25) is 0 Å². The number of fused-ring (bicyclic) bond motifs is 1. The quantitative estimate of drug-likeness (QED) is 0.686. The molecule has 2 N–H and O–H groups in total. The predicted octanol–water partition coefficient (Wildman–Crippen LogP) is 4.81. The summed E-state index contributed by atoms with van der Waals surface area (Å²) in [6.45, 7) is 8.10. The van der Waals surface area contributed by atoms with Crippen molar-refractivity contribution in [1.29, 1.82) is 0 Å². The molecule has 0 aliphatic carbocycles. The summed E-state index contributed by atoms with van der Waals surface area (Å²) in [5, 5.41) is 3.78. The molecule has 0 saturated carbocycles. The number of hydrogen-bond acceptors (Lipinski definition) is 3. The third-order valence-electron chi connectivity index (χ3n) is 5.44. The van der Waals surface area contributed by atoms with Crippen molar-refractivity contribution >= 4 is 28.3 Å². The first-order valence-electron chi connectivity index (χ1n) is 9.73. The number of hydrogen-bond donors (Lipinski definition) is 2. The van der Waals surface area contributed by atoms with Gasteiger partial charge in [0.1, 0.15) is 11.5 Å². The number of rotatable bonds is 3. The van der Waals surface area contributed by atoms with E-state index in [-0.39, 0.29) is 5.56 Å². The Kier molecular flexibility index (Phi) is 4.79. The molecule has 6 heteroatoms. The van der Waals surface area contributed by atoms with Gasteiger partial charge in [-0.3, -0.25) is 4.79 Å². The average molecular weight is 380 g/mol. The molecule has 1 aromatic carbocycles. The highest BCUT2D eigenvalue weighted by atomic mass is 19.1. The van der Waals surface area contributed by atoms with E-state index in [1.807, 2.05) is 20.0 Å². The molecule has 3 aromatic rings. The molecule has 1 atom stereocenters. The summed E-state index contributed by atoms with van der Waals surface area (Å²) in [5.74, 6) is -0.362. The maximum absolute atomic E-state index is 14.2. The number of aromatic amines is 1. The second-order valence-electron chi connectivity index (χ2n) is 7.85. The second kappa shape index (κ2) is 7.26. The van der Waals surface area contributed by atoms with Gasteiger partial charge in [-0.1, -0.05) is 18.6 Å². The number of aromatic nitrogens is 2. The number of anilines is 2. The van der Waals surface area contributed by atoms with Gasteiger partial charge in [0.15, 0.2) is 0 Å². The first-order chi connectivity index (χ1) is 13.4. The van der Waals surface area contributed by atoms with E-state index in [9.17, 15) is 9.18 Å². The number of amides is 1. The number of carbonyl (C=O) groups is 1. The largest absolute Gasteiger partial charge is 0.370 e. The number of piperidine rings is 1. The molecule has 0 spiro atoms. The van der Waals surface area contributed by atoms with Gasteiger partial charge in [0.05, 0.1) is 22.3 Å². The fourth-order valence-corrected chi connectivity index (χ4v) is 4.08. The maximum atomic E-state index is 14.2. The van der Waals surface area contributed by atoms with Gasteiger partial charge in [-0.2, -0.15) is 0 Å². The summed E-state index contributed by atoms with van der Waals surface area (Å²) in [6, 6.07) is 4.54. The van der Waals surface area contributed by atoms with Crippen LogP contribution in [0.25, 0.3) is 11.0 Å². The molecule has 1 aliphatic rings. The lowest BCUT2D eigenvalue weighted by molar-refractivity contribution is 0.102. The molecule has 1 unspecified atom stereocenters. The van der Waals surface area contributed by atoms with E-state index in [0.717, 1.165) is 47.4 Å². The Morgan fingerprint density at radius 3 is 2.96 bits per heavy atom. The van der Waals surface area contributed by atoms with Crippen LogP contribution in [-0.4, -0.2) is 29.0 Å². The van der Waals surface area contributed by atoms with Crippen LogP contribution in [0.4, 0.5) is 15.8 Å². The smallest absolute Gasteiger partial charge is 0.258 e. The average Bonchev–Trinajstić information content (AvgIpc) is 3.06. The normalized spacial score (nSPS) is 17.1. The first kappa shape index (κ1) is 18.5. The van der Waals surface area contributed by atoms with Gasteiger partial charge in [-0.05, 0) is 50.3 Å². The van der Waals surface area contributed by atoms with Gasteiger partial charge in [0, 0.05) is 25.5 Å². The van der Waals surface area contributed by atoms with Crippen molar-refractivity contribution in [2.45, 2.75) is 33.6 Å². The maximum Gasteiger partial charge on any atom is 0.258 e. The molecular formula is C22H25FN4O. The highest BCUT2D eigenvalue weighted by molar-refractivity contribution is 6.11. The van der Waals surface area contributed by atoms with E-state index in [1.165, 1.54) is 12.5 Å². The lowest BCUT2D eigenvalue weighted by atomic mass is 9.98. The van der Waals surface area contributed by atoms with Crippen LogP contribution in [0.1, 0.15) is 41.3 Å². The van der Waals surface area contributed by atoms with Crippen molar-refractivity contribution < 1.29 is 9.18 Å². The Labute approximate surface area is 164 Å².